The van der Waals surface area contributed by atoms with Gasteiger partial charge in [0.2, 0.25) is 0 Å². The van der Waals surface area contributed by atoms with Crippen molar-refractivity contribution in [2.75, 3.05) is 13.1 Å². The van der Waals surface area contributed by atoms with Crippen molar-refractivity contribution in [2.24, 2.45) is 5.92 Å². The van der Waals surface area contributed by atoms with Crippen molar-refractivity contribution in [1.29, 1.82) is 0 Å². The number of aromatic nitrogens is 1. The number of aliphatic carboxylic acids is 1. The lowest BCUT2D eigenvalue weighted by molar-refractivity contribution is -0.143. The van der Waals surface area contributed by atoms with Gasteiger partial charge in [-0.3, -0.25) is 9.59 Å². The van der Waals surface area contributed by atoms with Crippen molar-refractivity contribution < 1.29 is 19.2 Å². The second kappa shape index (κ2) is 5.20. The molecule has 1 aliphatic carbocycles. The maximum atomic E-state index is 12.6. The number of carboxylic acids is 1. The van der Waals surface area contributed by atoms with Gasteiger partial charge in [-0.2, -0.15) is 0 Å². The van der Waals surface area contributed by atoms with Crippen LogP contribution in [0.15, 0.2) is 9.13 Å². The van der Waals surface area contributed by atoms with Crippen LogP contribution < -0.4 is 0 Å². The highest BCUT2D eigenvalue weighted by Crippen LogP contribution is 2.43. The molecule has 0 radical (unpaired) electrons. The lowest BCUT2D eigenvalue weighted by Gasteiger charge is -2.30. The third kappa shape index (κ3) is 2.46. The third-order valence-electron chi connectivity index (χ3n) is 3.90. The quantitative estimate of drug-likeness (QED) is 0.910. The summed E-state index contributed by atoms with van der Waals surface area (Å²) in [7, 11) is 0. The summed E-state index contributed by atoms with van der Waals surface area (Å²) in [5, 5.41) is 12.9. The average molecular weight is 343 g/mol. The van der Waals surface area contributed by atoms with Gasteiger partial charge in [-0.25, -0.2) is 0 Å². The Bertz CT molecular complexity index is 553. The Morgan fingerprint density at radius 2 is 2.10 bits per heavy atom. The number of carboxylic acid groups (broad SMARTS) is 1. The molecule has 2 aliphatic rings. The molecule has 7 heteroatoms. The van der Waals surface area contributed by atoms with Gasteiger partial charge in [0.15, 0.2) is 10.4 Å². The van der Waals surface area contributed by atoms with Crippen LogP contribution >= 0.6 is 15.9 Å². The van der Waals surface area contributed by atoms with E-state index in [4.69, 9.17) is 9.63 Å². The molecular weight excluding hydrogens is 328 g/mol. The van der Waals surface area contributed by atoms with E-state index in [-0.39, 0.29) is 18.4 Å². The Hall–Kier alpha value is -1.37. The molecule has 0 aromatic carbocycles. The number of piperidine rings is 1. The van der Waals surface area contributed by atoms with E-state index in [1.165, 1.54) is 0 Å². The second-order valence-corrected chi connectivity index (χ2v) is 6.17. The Morgan fingerprint density at radius 1 is 1.35 bits per heavy atom. The molecule has 3 rings (SSSR count). The van der Waals surface area contributed by atoms with Gasteiger partial charge < -0.3 is 14.5 Å². The predicted molar refractivity (Wildman–Crippen MR) is 72.4 cm³/mol. The first-order valence-corrected chi connectivity index (χ1v) is 7.54. The van der Waals surface area contributed by atoms with Gasteiger partial charge in [0.1, 0.15) is 5.56 Å². The third-order valence-corrected chi connectivity index (χ3v) is 4.44. The Morgan fingerprint density at radius 3 is 2.75 bits per heavy atom. The van der Waals surface area contributed by atoms with E-state index >= 15 is 0 Å². The molecule has 0 spiro atoms. The molecule has 1 N–H and O–H groups in total. The van der Waals surface area contributed by atoms with Crippen molar-refractivity contribution in [3.8, 4) is 0 Å². The van der Waals surface area contributed by atoms with Crippen LogP contribution in [-0.4, -0.2) is 40.1 Å². The first-order chi connectivity index (χ1) is 9.58. The van der Waals surface area contributed by atoms with Gasteiger partial charge in [-0.1, -0.05) is 5.16 Å². The van der Waals surface area contributed by atoms with Crippen molar-refractivity contribution in [2.45, 2.75) is 31.6 Å². The second-order valence-electron chi connectivity index (χ2n) is 5.42. The molecule has 1 saturated carbocycles. The highest BCUT2D eigenvalue weighted by Gasteiger charge is 2.37. The molecule has 1 aliphatic heterocycles. The van der Waals surface area contributed by atoms with Crippen LogP contribution in [0.5, 0.6) is 0 Å². The molecule has 1 aromatic heterocycles. The molecule has 1 unspecified atom stereocenters. The monoisotopic (exact) mass is 342 g/mol. The van der Waals surface area contributed by atoms with E-state index in [0.717, 1.165) is 12.8 Å². The van der Waals surface area contributed by atoms with Crippen LogP contribution in [0.3, 0.4) is 0 Å². The number of likely N-dealkylation sites (tertiary alicyclic amines) is 1. The number of halogens is 1. The van der Waals surface area contributed by atoms with Crippen LogP contribution in [-0.2, 0) is 4.79 Å². The summed E-state index contributed by atoms with van der Waals surface area (Å²) in [5.41, 5.74) is 0.471. The zero-order valence-corrected chi connectivity index (χ0v) is 12.4. The summed E-state index contributed by atoms with van der Waals surface area (Å²) in [6.45, 7) is 0.847. The van der Waals surface area contributed by atoms with E-state index in [1.807, 2.05) is 0 Å². The van der Waals surface area contributed by atoms with Crippen LogP contribution in [0, 0.1) is 5.92 Å². The molecule has 2 fully saturated rings. The fourth-order valence-electron chi connectivity index (χ4n) is 2.62. The van der Waals surface area contributed by atoms with Crippen LogP contribution in [0.1, 0.15) is 47.7 Å². The predicted octanol–water partition coefficient (Wildman–Crippen LogP) is 2.25. The first-order valence-electron chi connectivity index (χ1n) is 6.75. The van der Waals surface area contributed by atoms with Crippen LogP contribution in [0.2, 0.25) is 0 Å². The summed E-state index contributed by atoms with van der Waals surface area (Å²) in [6, 6.07) is 0. The maximum Gasteiger partial charge on any atom is 0.308 e. The minimum absolute atomic E-state index is 0.175. The number of amides is 1. The number of carbonyl (C=O) groups is 2. The number of carbonyl (C=O) groups excluding carboxylic acids is 1. The fourth-order valence-corrected chi connectivity index (χ4v) is 3.06. The van der Waals surface area contributed by atoms with Crippen molar-refractivity contribution in [3.05, 3.63) is 15.9 Å². The Labute approximate surface area is 124 Å². The van der Waals surface area contributed by atoms with Gasteiger partial charge in [-0.15, -0.1) is 0 Å². The Kier molecular flexibility index (Phi) is 3.54. The molecular formula is C13H15BrN2O4. The highest BCUT2D eigenvalue weighted by molar-refractivity contribution is 9.10. The molecule has 1 amide bonds. The standard InChI is InChI=1S/C13H15BrN2O4/c14-11-9(10(20-15-11)7-3-4-7)12(17)16-5-1-2-8(6-16)13(18)19/h7-8H,1-6H2,(H,18,19). The number of nitrogens with zero attached hydrogens (tertiary/aromatic N) is 2. The molecule has 0 bridgehead atoms. The summed E-state index contributed by atoms with van der Waals surface area (Å²) in [5.74, 6) is -0.567. The van der Waals surface area contributed by atoms with Crippen LogP contribution in [0.4, 0.5) is 0 Å². The Balaban J connectivity index is 1.81. The topological polar surface area (TPSA) is 83.6 Å². The van der Waals surface area contributed by atoms with Crippen molar-refractivity contribution >= 4 is 27.8 Å². The summed E-state index contributed by atoms with van der Waals surface area (Å²) < 4.78 is 5.66. The van der Waals surface area contributed by atoms with E-state index in [1.54, 1.807) is 4.90 Å². The van der Waals surface area contributed by atoms with Gasteiger partial charge in [0.25, 0.3) is 5.91 Å². The smallest absolute Gasteiger partial charge is 0.308 e. The largest absolute Gasteiger partial charge is 0.481 e. The minimum Gasteiger partial charge on any atom is -0.481 e. The molecule has 1 aromatic rings. The van der Waals surface area contributed by atoms with Crippen molar-refractivity contribution in [1.82, 2.24) is 10.1 Å². The number of rotatable bonds is 3. The molecule has 1 saturated heterocycles. The summed E-state index contributed by atoms with van der Waals surface area (Å²) >= 11 is 3.26. The highest BCUT2D eigenvalue weighted by atomic mass is 79.9. The van der Waals surface area contributed by atoms with Crippen LogP contribution in [0.25, 0.3) is 0 Å². The molecule has 1 atom stereocenters. The summed E-state index contributed by atoms with van der Waals surface area (Å²) in [4.78, 5) is 25.3. The zero-order chi connectivity index (χ0) is 14.3. The van der Waals surface area contributed by atoms with Crippen molar-refractivity contribution in [3.63, 3.8) is 0 Å². The lowest BCUT2D eigenvalue weighted by atomic mass is 9.97. The first kappa shape index (κ1) is 13.6. The lowest BCUT2D eigenvalue weighted by Crippen LogP contribution is -2.42. The normalized spacial score (nSPS) is 22.9. The molecule has 6 nitrogen and oxygen atoms in total. The summed E-state index contributed by atoms with van der Waals surface area (Å²) in [6.07, 6.45) is 3.36. The van der Waals surface area contributed by atoms with E-state index in [9.17, 15) is 9.59 Å². The molecule has 20 heavy (non-hydrogen) atoms. The van der Waals surface area contributed by atoms with Gasteiger partial charge >= 0.3 is 5.97 Å². The van der Waals surface area contributed by atoms with Gasteiger partial charge in [-0.05, 0) is 41.6 Å². The average Bonchev–Trinajstić information content (AvgIpc) is 3.21. The molecule has 2 heterocycles. The van der Waals surface area contributed by atoms with E-state index in [0.29, 0.717) is 35.3 Å². The minimum atomic E-state index is -0.839. The fraction of sp³-hybridized carbons (Fsp3) is 0.615. The maximum absolute atomic E-state index is 12.6. The SMILES string of the molecule is O=C(O)C1CCCN(C(=O)c2c(Br)noc2C2CC2)C1. The molecule has 108 valence electrons. The van der Waals surface area contributed by atoms with E-state index in [2.05, 4.69) is 21.1 Å². The van der Waals surface area contributed by atoms with Gasteiger partial charge in [0, 0.05) is 19.0 Å². The van der Waals surface area contributed by atoms with E-state index < -0.39 is 11.9 Å². The number of hydrogen-bond acceptors (Lipinski definition) is 4. The van der Waals surface area contributed by atoms with Gasteiger partial charge in [0.05, 0.1) is 5.92 Å². The number of hydrogen-bond donors (Lipinski definition) is 1. The zero-order valence-electron chi connectivity index (χ0n) is 10.8.